The highest BCUT2D eigenvalue weighted by atomic mass is 32.1. The lowest BCUT2D eigenvalue weighted by Crippen LogP contribution is -1.92. The lowest BCUT2D eigenvalue weighted by Gasteiger charge is -2.20. The molecule has 2 aromatic heterocycles. The molecule has 0 aliphatic rings. The van der Waals surface area contributed by atoms with Crippen molar-refractivity contribution in [1.82, 2.24) is 0 Å². The summed E-state index contributed by atoms with van der Waals surface area (Å²) in [5, 5.41) is 11.4. The topological polar surface area (TPSA) is 13.1 Å². The van der Waals surface area contributed by atoms with E-state index in [1.807, 2.05) is 29.7 Å². The van der Waals surface area contributed by atoms with Crippen LogP contribution in [0.3, 0.4) is 0 Å². The predicted molar refractivity (Wildman–Crippen MR) is 198 cm³/mol. The molecular formula is C44H26OS. The van der Waals surface area contributed by atoms with Crippen molar-refractivity contribution in [2.24, 2.45) is 0 Å². The zero-order valence-corrected chi connectivity index (χ0v) is 25.6. The van der Waals surface area contributed by atoms with Gasteiger partial charge in [-0.3, -0.25) is 0 Å². The Kier molecular flexibility index (Phi) is 5.51. The maximum absolute atomic E-state index is 6.04. The quantitative estimate of drug-likeness (QED) is 0.183. The van der Waals surface area contributed by atoms with Crippen LogP contribution in [0.25, 0.3) is 96.8 Å². The van der Waals surface area contributed by atoms with Crippen molar-refractivity contribution in [1.29, 1.82) is 0 Å². The Labute approximate surface area is 269 Å². The minimum Gasteiger partial charge on any atom is -0.464 e. The largest absolute Gasteiger partial charge is 0.464 e. The van der Waals surface area contributed by atoms with Crippen LogP contribution in [0.5, 0.6) is 0 Å². The van der Waals surface area contributed by atoms with Gasteiger partial charge in [0.2, 0.25) is 0 Å². The molecule has 0 aliphatic heterocycles. The molecule has 0 saturated heterocycles. The molecule has 0 bridgehead atoms. The third-order valence-corrected chi connectivity index (χ3v) is 10.6. The van der Waals surface area contributed by atoms with E-state index in [1.54, 1.807) is 0 Å². The molecule has 0 amide bonds. The fraction of sp³-hybridized carbons (Fsp3) is 0. The van der Waals surface area contributed by atoms with Gasteiger partial charge >= 0.3 is 0 Å². The monoisotopic (exact) mass is 602 g/mol. The van der Waals surface area contributed by atoms with Crippen LogP contribution in [0, 0.1) is 0 Å². The highest BCUT2D eigenvalue weighted by molar-refractivity contribution is 7.26. The number of hydrogen-bond acceptors (Lipinski definition) is 2. The van der Waals surface area contributed by atoms with Gasteiger partial charge in [-0.2, -0.15) is 0 Å². The van der Waals surface area contributed by atoms with Crippen LogP contribution >= 0.6 is 11.3 Å². The van der Waals surface area contributed by atoms with Crippen LogP contribution in [0.15, 0.2) is 162 Å². The molecule has 0 spiro atoms. The van der Waals surface area contributed by atoms with E-state index >= 15 is 0 Å². The first-order chi connectivity index (χ1) is 22.8. The third kappa shape index (κ3) is 3.68. The molecule has 0 unspecified atom stereocenters. The molecule has 46 heavy (non-hydrogen) atoms. The van der Waals surface area contributed by atoms with E-state index < -0.39 is 0 Å². The Bertz CT molecular complexity index is 2760. The summed E-state index contributed by atoms with van der Waals surface area (Å²) in [6.07, 6.45) is 1.91. The number of furan rings is 1. The summed E-state index contributed by atoms with van der Waals surface area (Å²) in [6, 6.07) is 55.3. The van der Waals surface area contributed by atoms with Gasteiger partial charge in [-0.15, -0.1) is 11.3 Å². The molecule has 0 radical (unpaired) electrons. The van der Waals surface area contributed by atoms with Gasteiger partial charge in [-0.05, 0) is 84.4 Å². The number of para-hydroxylation sites is 1. The van der Waals surface area contributed by atoms with Gasteiger partial charge < -0.3 is 4.42 Å². The van der Waals surface area contributed by atoms with E-state index in [0.717, 1.165) is 16.5 Å². The maximum atomic E-state index is 6.04. The van der Waals surface area contributed by atoms with Gasteiger partial charge in [0.05, 0.1) is 6.26 Å². The fourth-order valence-electron chi connectivity index (χ4n) is 7.55. The van der Waals surface area contributed by atoms with E-state index in [0.29, 0.717) is 0 Å². The van der Waals surface area contributed by atoms with Crippen molar-refractivity contribution in [3.8, 4) is 33.4 Å². The minimum absolute atomic E-state index is 0.904. The summed E-state index contributed by atoms with van der Waals surface area (Å²) in [5.41, 5.74) is 8.23. The maximum Gasteiger partial charge on any atom is 0.134 e. The first-order valence-electron chi connectivity index (χ1n) is 15.7. The normalized spacial score (nSPS) is 11.9. The number of hydrogen-bond donors (Lipinski definition) is 0. The Morgan fingerprint density at radius 1 is 0.370 bits per heavy atom. The average Bonchev–Trinajstić information content (AvgIpc) is 3.71. The molecule has 0 aliphatic carbocycles. The lowest BCUT2D eigenvalue weighted by atomic mass is 9.83. The SMILES string of the molecule is c1ccc(-c2c3ccccc3c(-c3cccc4sc5cc6ccccc6cc5c34)c3ccccc23)c(-c2coc3ccccc23)c1. The van der Waals surface area contributed by atoms with E-state index in [-0.39, 0.29) is 0 Å². The molecule has 10 aromatic rings. The molecule has 0 atom stereocenters. The van der Waals surface area contributed by atoms with Crippen molar-refractivity contribution in [2.75, 3.05) is 0 Å². The minimum atomic E-state index is 0.904. The van der Waals surface area contributed by atoms with E-state index in [9.17, 15) is 0 Å². The van der Waals surface area contributed by atoms with E-state index in [1.165, 1.54) is 80.3 Å². The second-order valence-corrected chi connectivity index (χ2v) is 13.1. The lowest BCUT2D eigenvalue weighted by molar-refractivity contribution is 0.617. The molecule has 8 aromatic carbocycles. The van der Waals surface area contributed by atoms with Crippen LogP contribution in [-0.4, -0.2) is 0 Å². The summed E-state index contributed by atoms with van der Waals surface area (Å²) in [4.78, 5) is 0. The molecular weight excluding hydrogens is 577 g/mol. The first kappa shape index (κ1) is 25.6. The smallest absolute Gasteiger partial charge is 0.134 e. The predicted octanol–water partition coefficient (Wildman–Crippen LogP) is 13.3. The van der Waals surface area contributed by atoms with Gasteiger partial charge in [0.15, 0.2) is 0 Å². The molecule has 2 heteroatoms. The molecule has 0 N–H and O–H groups in total. The zero-order valence-electron chi connectivity index (χ0n) is 24.8. The number of rotatable bonds is 3. The van der Waals surface area contributed by atoms with Gasteiger partial charge in [0, 0.05) is 31.1 Å². The molecule has 214 valence electrons. The van der Waals surface area contributed by atoms with Crippen LogP contribution in [0.2, 0.25) is 0 Å². The van der Waals surface area contributed by atoms with Gasteiger partial charge in [0.25, 0.3) is 0 Å². The first-order valence-corrected chi connectivity index (χ1v) is 16.5. The van der Waals surface area contributed by atoms with Crippen LogP contribution in [0.4, 0.5) is 0 Å². The van der Waals surface area contributed by atoms with Crippen molar-refractivity contribution >= 4 is 74.8 Å². The third-order valence-electron chi connectivity index (χ3n) is 9.53. The van der Waals surface area contributed by atoms with Crippen molar-refractivity contribution in [3.63, 3.8) is 0 Å². The Morgan fingerprint density at radius 2 is 0.913 bits per heavy atom. The van der Waals surface area contributed by atoms with Crippen LogP contribution < -0.4 is 0 Å². The average molecular weight is 603 g/mol. The van der Waals surface area contributed by atoms with Gasteiger partial charge in [0.1, 0.15) is 5.58 Å². The summed E-state index contributed by atoms with van der Waals surface area (Å²) >= 11 is 1.89. The van der Waals surface area contributed by atoms with Crippen molar-refractivity contribution in [3.05, 3.63) is 158 Å². The summed E-state index contributed by atoms with van der Waals surface area (Å²) in [5.74, 6) is 0. The summed E-state index contributed by atoms with van der Waals surface area (Å²) < 4.78 is 8.69. The Balaban J connectivity index is 1.33. The highest BCUT2D eigenvalue weighted by Crippen LogP contribution is 2.49. The van der Waals surface area contributed by atoms with Gasteiger partial charge in [-0.1, -0.05) is 127 Å². The fourth-order valence-corrected chi connectivity index (χ4v) is 8.71. The van der Waals surface area contributed by atoms with E-state index in [4.69, 9.17) is 4.42 Å². The van der Waals surface area contributed by atoms with Crippen LogP contribution in [-0.2, 0) is 0 Å². The Hall–Kier alpha value is -5.70. The summed E-state index contributed by atoms with van der Waals surface area (Å²) in [7, 11) is 0. The van der Waals surface area contributed by atoms with Gasteiger partial charge in [-0.25, -0.2) is 0 Å². The number of thiophene rings is 1. The summed E-state index contributed by atoms with van der Waals surface area (Å²) in [6.45, 7) is 0. The van der Waals surface area contributed by atoms with E-state index in [2.05, 4.69) is 140 Å². The molecule has 10 rings (SSSR count). The van der Waals surface area contributed by atoms with Crippen molar-refractivity contribution < 1.29 is 4.42 Å². The molecule has 1 nitrogen and oxygen atoms in total. The Morgan fingerprint density at radius 3 is 1.63 bits per heavy atom. The van der Waals surface area contributed by atoms with Crippen molar-refractivity contribution in [2.45, 2.75) is 0 Å². The molecule has 0 saturated carbocycles. The number of fused-ring (bicyclic) bond motifs is 7. The second-order valence-electron chi connectivity index (χ2n) is 12.0. The number of benzene rings is 8. The molecule has 0 fully saturated rings. The standard InChI is InChI=1S/C44H26OS/c1-2-13-28-25-41-37(24-27(28)12-1)44-36(21-11-23-40(44)46-41)43-34-19-7-5-17-32(34)42(33-18-6-8-20-35(33)43)31-16-4-3-14-29(31)38-26-45-39-22-10-9-15-30(38)39/h1-26H. The second kappa shape index (κ2) is 9.90. The highest BCUT2D eigenvalue weighted by Gasteiger charge is 2.22. The molecule has 2 heterocycles. The van der Waals surface area contributed by atoms with Crippen LogP contribution in [0.1, 0.15) is 0 Å². The zero-order chi connectivity index (χ0) is 30.2.